The van der Waals surface area contributed by atoms with Crippen molar-refractivity contribution in [1.29, 1.82) is 0 Å². The van der Waals surface area contributed by atoms with E-state index >= 15 is 0 Å². The van der Waals surface area contributed by atoms with E-state index in [1.165, 1.54) is 0 Å². The first-order chi connectivity index (χ1) is 17.4. The third-order valence-electron chi connectivity index (χ3n) is 6.41. The number of nitrogens with zero attached hydrogens (tertiary/aromatic N) is 1. The number of anilines is 2. The Bertz CT molecular complexity index is 1010. The van der Waals surface area contributed by atoms with Gasteiger partial charge in [-0.3, -0.25) is 19.3 Å². The van der Waals surface area contributed by atoms with E-state index < -0.39 is 0 Å². The number of hydrogen-bond donors (Lipinski definition) is 3. The van der Waals surface area contributed by atoms with Crippen molar-refractivity contribution in [3.8, 4) is 5.75 Å². The normalized spacial score (nSPS) is 17.8. The maximum absolute atomic E-state index is 12.7. The smallest absolute Gasteiger partial charge is 0.255 e. The number of likely N-dealkylation sites (tertiary alicyclic amines) is 1. The van der Waals surface area contributed by atoms with E-state index in [0.717, 1.165) is 31.4 Å². The van der Waals surface area contributed by atoms with Gasteiger partial charge < -0.3 is 20.7 Å². The molecule has 194 valence electrons. The summed E-state index contributed by atoms with van der Waals surface area (Å²) in [5, 5.41) is 8.77. The summed E-state index contributed by atoms with van der Waals surface area (Å²) in [6, 6.07) is 14.2. The highest BCUT2D eigenvalue weighted by Crippen LogP contribution is 2.22. The van der Waals surface area contributed by atoms with E-state index in [1.54, 1.807) is 36.4 Å². The van der Waals surface area contributed by atoms with Gasteiger partial charge >= 0.3 is 0 Å². The van der Waals surface area contributed by atoms with E-state index in [1.807, 2.05) is 19.1 Å². The van der Waals surface area contributed by atoms with E-state index in [4.69, 9.17) is 4.74 Å². The average molecular weight is 495 g/mol. The van der Waals surface area contributed by atoms with Gasteiger partial charge in [0.2, 0.25) is 11.8 Å². The van der Waals surface area contributed by atoms with Crippen molar-refractivity contribution in [2.45, 2.75) is 52.5 Å². The molecule has 1 heterocycles. The second-order valence-electron chi connectivity index (χ2n) is 9.23. The Morgan fingerprint density at radius 1 is 0.944 bits per heavy atom. The number of piperidine rings is 1. The molecule has 1 aliphatic heterocycles. The fourth-order valence-electron chi connectivity index (χ4n) is 4.24. The van der Waals surface area contributed by atoms with Gasteiger partial charge in [-0.15, -0.1) is 0 Å². The molecule has 2 aromatic carbocycles. The number of amides is 3. The van der Waals surface area contributed by atoms with Crippen molar-refractivity contribution in [1.82, 2.24) is 10.2 Å². The third kappa shape index (κ3) is 8.09. The zero-order valence-electron chi connectivity index (χ0n) is 21.5. The molecule has 8 nitrogen and oxygen atoms in total. The lowest BCUT2D eigenvalue weighted by Gasteiger charge is -2.36. The standard InChI is InChI=1S/C28H38N4O4/c1-4-6-17-29-27(34)22-8-7-20(3)32(18-22)19-26(33)30-23-11-9-21(10-12-23)28(35)31-24-13-15-25(16-14-24)36-5-2/h9-16,20,22H,4-8,17-19H2,1-3H3,(H,29,34)(H,30,33)(H,31,35). The minimum absolute atomic E-state index is 0.0832. The van der Waals surface area contributed by atoms with Crippen LogP contribution in [0.15, 0.2) is 48.5 Å². The summed E-state index contributed by atoms with van der Waals surface area (Å²) in [6.07, 6.45) is 3.75. The van der Waals surface area contributed by atoms with Gasteiger partial charge in [0.1, 0.15) is 5.75 Å². The highest BCUT2D eigenvalue weighted by atomic mass is 16.5. The number of hydrogen-bond acceptors (Lipinski definition) is 5. The van der Waals surface area contributed by atoms with Gasteiger partial charge in [-0.05, 0) is 81.6 Å². The predicted octanol–water partition coefficient (Wildman–Crippen LogP) is 4.29. The molecule has 0 radical (unpaired) electrons. The van der Waals surface area contributed by atoms with Crippen molar-refractivity contribution >= 4 is 29.1 Å². The van der Waals surface area contributed by atoms with Crippen LogP contribution < -0.4 is 20.7 Å². The minimum atomic E-state index is -0.234. The van der Waals surface area contributed by atoms with Crippen molar-refractivity contribution in [3.63, 3.8) is 0 Å². The number of carbonyl (C=O) groups excluding carboxylic acids is 3. The second kappa shape index (κ2) is 13.6. The molecule has 2 unspecified atom stereocenters. The van der Waals surface area contributed by atoms with Crippen LogP contribution >= 0.6 is 0 Å². The molecule has 8 heteroatoms. The molecule has 1 fully saturated rings. The van der Waals surface area contributed by atoms with Gasteiger partial charge in [0.15, 0.2) is 0 Å². The zero-order chi connectivity index (χ0) is 25.9. The Morgan fingerprint density at radius 2 is 1.61 bits per heavy atom. The topological polar surface area (TPSA) is 99.8 Å². The summed E-state index contributed by atoms with van der Waals surface area (Å²) in [6.45, 7) is 8.20. The molecule has 0 bridgehead atoms. The van der Waals surface area contributed by atoms with Gasteiger partial charge in [-0.1, -0.05) is 13.3 Å². The maximum atomic E-state index is 12.7. The quantitative estimate of drug-likeness (QED) is 0.405. The summed E-state index contributed by atoms with van der Waals surface area (Å²) < 4.78 is 5.41. The molecule has 3 N–H and O–H groups in total. The molecule has 3 rings (SSSR count). The third-order valence-corrected chi connectivity index (χ3v) is 6.41. The molecule has 1 aliphatic rings. The lowest BCUT2D eigenvalue weighted by molar-refractivity contribution is -0.128. The molecule has 0 aliphatic carbocycles. The van der Waals surface area contributed by atoms with E-state index in [9.17, 15) is 14.4 Å². The van der Waals surface area contributed by atoms with E-state index in [2.05, 4.69) is 34.7 Å². The first-order valence-corrected chi connectivity index (χ1v) is 12.9. The fraction of sp³-hybridized carbons (Fsp3) is 0.464. The molecule has 3 amide bonds. The Kier molecular flexibility index (Phi) is 10.3. The summed E-state index contributed by atoms with van der Waals surface area (Å²) in [5.41, 5.74) is 1.79. The molecule has 0 spiro atoms. The van der Waals surface area contributed by atoms with E-state index in [-0.39, 0.29) is 36.2 Å². The number of rotatable bonds is 11. The average Bonchev–Trinajstić information content (AvgIpc) is 2.87. The molecule has 36 heavy (non-hydrogen) atoms. The first-order valence-electron chi connectivity index (χ1n) is 12.9. The summed E-state index contributed by atoms with van der Waals surface area (Å²) in [7, 11) is 0. The van der Waals surface area contributed by atoms with Crippen LogP contribution in [0.25, 0.3) is 0 Å². The highest BCUT2D eigenvalue weighted by molar-refractivity contribution is 6.04. The molecular formula is C28H38N4O4. The molecule has 0 saturated carbocycles. The number of benzene rings is 2. The predicted molar refractivity (Wildman–Crippen MR) is 142 cm³/mol. The van der Waals surface area contributed by atoms with Crippen molar-refractivity contribution in [3.05, 3.63) is 54.1 Å². The Labute approximate surface area is 213 Å². The lowest BCUT2D eigenvalue weighted by atomic mass is 9.92. The van der Waals surface area contributed by atoms with Crippen LogP contribution in [-0.4, -0.2) is 54.9 Å². The molecule has 2 aromatic rings. The number of ether oxygens (including phenoxy) is 1. The minimum Gasteiger partial charge on any atom is -0.494 e. The monoisotopic (exact) mass is 494 g/mol. The van der Waals surface area contributed by atoms with Gasteiger partial charge in [-0.2, -0.15) is 0 Å². The molecule has 2 atom stereocenters. The number of nitrogens with one attached hydrogen (secondary N) is 3. The second-order valence-corrected chi connectivity index (χ2v) is 9.23. The SMILES string of the molecule is CCCCNC(=O)C1CCC(C)N(CC(=O)Nc2ccc(C(=O)Nc3ccc(OCC)cc3)cc2)C1. The maximum Gasteiger partial charge on any atom is 0.255 e. The van der Waals surface area contributed by atoms with Crippen LogP contribution in [0.5, 0.6) is 5.75 Å². The van der Waals surface area contributed by atoms with Gasteiger partial charge in [0.05, 0.1) is 19.1 Å². The van der Waals surface area contributed by atoms with Crippen LogP contribution in [0.1, 0.15) is 56.8 Å². The van der Waals surface area contributed by atoms with Crippen molar-refractivity contribution in [2.75, 3.05) is 36.9 Å². The fourth-order valence-corrected chi connectivity index (χ4v) is 4.24. The highest BCUT2D eigenvalue weighted by Gasteiger charge is 2.30. The van der Waals surface area contributed by atoms with Crippen LogP contribution in [0, 0.1) is 5.92 Å². The van der Waals surface area contributed by atoms with Crippen LogP contribution in [-0.2, 0) is 9.59 Å². The largest absolute Gasteiger partial charge is 0.494 e. The van der Waals surface area contributed by atoms with Crippen LogP contribution in [0.4, 0.5) is 11.4 Å². The Morgan fingerprint density at radius 3 is 2.28 bits per heavy atom. The Hall–Kier alpha value is -3.39. The number of unbranched alkanes of at least 4 members (excludes halogenated alkanes) is 1. The van der Waals surface area contributed by atoms with Crippen molar-refractivity contribution in [2.24, 2.45) is 5.92 Å². The summed E-state index contributed by atoms with van der Waals surface area (Å²) >= 11 is 0. The summed E-state index contributed by atoms with van der Waals surface area (Å²) in [5.74, 6) is 0.377. The van der Waals surface area contributed by atoms with Crippen LogP contribution in [0.2, 0.25) is 0 Å². The van der Waals surface area contributed by atoms with Gasteiger partial charge in [0.25, 0.3) is 5.91 Å². The summed E-state index contributed by atoms with van der Waals surface area (Å²) in [4.78, 5) is 39.8. The molecular weight excluding hydrogens is 456 g/mol. The van der Waals surface area contributed by atoms with Gasteiger partial charge in [-0.25, -0.2) is 0 Å². The van der Waals surface area contributed by atoms with Gasteiger partial charge in [0, 0.05) is 36.1 Å². The van der Waals surface area contributed by atoms with Crippen molar-refractivity contribution < 1.29 is 19.1 Å². The first kappa shape index (κ1) is 27.2. The Balaban J connectivity index is 1.49. The lowest BCUT2D eigenvalue weighted by Crippen LogP contribution is -2.49. The van der Waals surface area contributed by atoms with E-state index in [0.29, 0.717) is 36.6 Å². The van der Waals surface area contributed by atoms with Crippen LogP contribution in [0.3, 0.4) is 0 Å². The molecule has 0 aromatic heterocycles. The number of carbonyl (C=O) groups is 3. The zero-order valence-corrected chi connectivity index (χ0v) is 21.5. The molecule has 1 saturated heterocycles.